The molecule has 0 radical (unpaired) electrons. The molecule has 0 aliphatic heterocycles. The van der Waals surface area contributed by atoms with E-state index in [-0.39, 0.29) is 31.0 Å². The second-order valence-electron chi connectivity index (χ2n) is 6.20. The molecule has 1 aromatic carbocycles. The highest BCUT2D eigenvalue weighted by Crippen LogP contribution is 2.29. The molecule has 0 aliphatic carbocycles. The molecule has 3 N–H and O–H groups in total. The lowest BCUT2D eigenvalue weighted by molar-refractivity contribution is 0.400. The molecule has 0 aliphatic rings. The zero-order valence-electron chi connectivity index (χ0n) is 15.1. The van der Waals surface area contributed by atoms with Gasteiger partial charge in [0.05, 0.1) is 18.8 Å². The zero-order valence-corrected chi connectivity index (χ0v) is 16.8. The molecular weight excluding hydrogens is 422 g/mol. The minimum Gasteiger partial charge on any atom is -0.327 e. The van der Waals surface area contributed by atoms with E-state index in [9.17, 15) is 17.8 Å². The summed E-state index contributed by atoms with van der Waals surface area (Å²) in [6.45, 7) is -0.443. The predicted molar refractivity (Wildman–Crippen MR) is 108 cm³/mol. The molecule has 3 aromatic rings. The number of benzene rings is 1. The minimum atomic E-state index is -1.91. The monoisotopic (exact) mass is 440 g/mol. The molecule has 7 nitrogen and oxygen atoms in total. The van der Waals surface area contributed by atoms with Crippen LogP contribution in [0.2, 0.25) is 0 Å². The molecule has 0 fully saturated rings. The van der Waals surface area contributed by atoms with Crippen molar-refractivity contribution >= 4 is 22.4 Å². The van der Waals surface area contributed by atoms with Gasteiger partial charge < -0.3 is 10.3 Å². The van der Waals surface area contributed by atoms with Gasteiger partial charge in [0.25, 0.3) is 6.08 Å². The summed E-state index contributed by atoms with van der Waals surface area (Å²) in [4.78, 5) is 14.2. The van der Waals surface area contributed by atoms with Crippen molar-refractivity contribution < 1.29 is 17.5 Å². The molecule has 154 valence electrons. The molecular formula is C18H18F2N4O3S2. The third-order valence-corrected chi connectivity index (χ3v) is 5.84. The van der Waals surface area contributed by atoms with Crippen LogP contribution in [0.1, 0.15) is 10.4 Å². The fourth-order valence-corrected chi connectivity index (χ4v) is 4.18. The normalized spacial score (nSPS) is 12.1. The van der Waals surface area contributed by atoms with Crippen molar-refractivity contribution in [3.8, 4) is 10.4 Å². The summed E-state index contributed by atoms with van der Waals surface area (Å²) in [6.07, 6.45) is -0.590. The van der Waals surface area contributed by atoms with Gasteiger partial charge in [-0.3, -0.25) is 4.57 Å². The number of halogens is 2. The Morgan fingerprint density at radius 1 is 1.28 bits per heavy atom. The molecule has 2 heterocycles. The largest absolute Gasteiger partial charge is 0.346 e. The molecule has 0 bridgehead atoms. The summed E-state index contributed by atoms with van der Waals surface area (Å²) in [6, 6.07) is 11.1. The van der Waals surface area contributed by atoms with Gasteiger partial charge in [0.2, 0.25) is 0 Å². The number of thiophene rings is 1. The maximum absolute atomic E-state index is 12.8. The second-order valence-corrected chi connectivity index (χ2v) is 8.30. The van der Waals surface area contributed by atoms with E-state index in [1.807, 2.05) is 30.3 Å². The Kier molecular flexibility index (Phi) is 6.85. The highest BCUT2D eigenvalue weighted by atomic mass is 32.2. The molecule has 0 spiro atoms. The van der Waals surface area contributed by atoms with E-state index in [4.69, 9.17) is 10.3 Å². The molecule has 0 saturated heterocycles. The SMILES string of the molecule is NCC(Cn1ncn(Cc2ccc(-c3cccc(CS(=O)O)c3)s2)c1=O)=C(F)F. The number of aromatic nitrogens is 3. The van der Waals surface area contributed by atoms with Crippen molar-refractivity contribution in [2.45, 2.75) is 18.8 Å². The number of nitrogens with two attached hydrogens (primary N) is 1. The number of hydrogen-bond acceptors (Lipinski definition) is 5. The summed E-state index contributed by atoms with van der Waals surface area (Å²) in [5, 5.41) is 3.88. The summed E-state index contributed by atoms with van der Waals surface area (Å²) in [5.74, 6) is 0.0549. The van der Waals surface area contributed by atoms with Gasteiger partial charge in [-0.05, 0) is 29.3 Å². The average Bonchev–Trinajstić information content (AvgIpc) is 3.27. The summed E-state index contributed by atoms with van der Waals surface area (Å²) in [7, 11) is 0. The van der Waals surface area contributed by atoms with Crippen LogP contribution in [0.25, 0.3) is 10.4 Å². The van der Waals surface area contributed by atoms with Crippen LogP contribution < -0.4 is 11.4 Å². The third-order valence-electron chi connectivity index (χ3n) is 4.14. The van der Waals surface area contributed by atoms with Crippen LogP contribution >= 0.6 is 11.3 Å². The lowest BCUT2D eigenvalue weighted by Gasteiger charge is -2.02. The summed E-state index contributed by atoms with van der Waals surface area (Å²) >= 11 is -0.448. The van der Waals surface area contributed by atoms with Gasteiger partial charge >= 0.3 is 5.69 Å². The average molecular weight is 440 g/mol. The van der Waals surface area contributed by atoms with Crippen molar-refractivity contribution in [2.24, 2.45) is 5.73 Å². The van der Waals surface area contributed by atoms with Crippen LogP contribution in [-0.2, 0) is 29.9 Å². The molecule has 1 atom stereocenters. The molecule has 11 heteroatoms. The van der Waals surface area contributed by atoms with Gasteiger partial charge in [-0.2, -0.15) is 13.9 Å². The van der Waals surface area contributed by atoms with Crippen LogP contribution in [0.5, 0.6) is 0 Å². The van der Waals surface area contributed by atoms with Gasteiger partial charge in [-0.25, -0.2) is 13.7 Å². The Balaban J connectivity index is 1.77. The van der Waals surface area contributed by atoms with Crippen molar-refractivity contribution in [3.05, 3.63) is 75.3 Å². The van der Waals surface area contributed by atoms with Gasteiger partial charge in [-0.15, -0.1) is 11.3 Å². The standard InChI is InChI=1S/C18H18F2N4O3S2/c19-17(20)14(7-21)8-24-18(25)23(11-22-24)9-15-4-5-16(28-15)13-3-1-2-12(6-13)10-29(26)27/h1-6,11H,7-10,21H2,(H,26,27). The van der Waals surface area contributed by atoms with Crippen molar-refractivity contribution in [2.75, 3.05) is 6.54 Å². The maximum Gasteiger partial charge on any atom is 0.346 e. The first-order valence-electron chi connectivity index (χ1n) is 8.48. The summed E-state index contributed by atoms with van der Waals surface area (Å²) in [5.41, 5.74) is 6.10. The third kappa shape index (κ3) is 5.32. The molecule has 0 saturated carbocycles. The maximum atomic E-state index is 12.8. The smallest absolute Gasteiger partial charge is 0.327 e. The van der Waals surface area contributed by atoms with Gasteiger partial charge in [0.1, 0.15) is 6.33 Å². The lowest BCUT2D eigenvalue weighted by atomic mass is 10.1. The Hall–Kier alpha value is -2.47. The Morgan fingerprint density at radius 3 is 2.76 bits per heavy atom. The van der Waals surface area contributed by atoms with Crippen molar-refractivity contribution in [1.82, 2.24) is 14.3 Å². The Labute approximate surface area is 171 Å². The first kappa shape index (κ1) is 21.2. The lowest BCUT2D eigenvalue weighted by Crippen LogP contribution is -2.27. The molecule has 3 rings (SSSR count). The highest BCUT2D eigenvalue weighted by Gasteiger charge is 2.12. The van der Waals surface area contributed by atoms with Gasteiger partial charge in [0.15, 0.2) is 11.1 Å². The predicted octanol–water partition coefficient (Wildman–Crippen LogP) is 2.65. The zero-order chi connectivity index (χ0) is 21.0. The fraction of sp³-hybridized carbons (Fsp3) is 0.222. The van der Waals surface area contributed by atoms with E-state index < -0.39 is 22.9 Å². The van der Waals surface area contributed by atoms with Crippen LogP contribution in [0.15, 0.2) is 59.2 Å². The van der Waals surface area contributed by atoms with Crippen LogP contribution in [-0.4, -0.2) is 29.7 Å². The highest BCUT2D eigenvalue weighted by molar-refractivity contribution is 7.78. The van der Waals surface area contributed by atoms with Crippen molar-refractivity contribution in [3.63, 3.8) is 0 Å². The molecule has 2 aromatic heterocycles. The number of hydrogen-bond donors (Lipinski definition) is 2. The molecule has 1 unspecified atom stereocenters. The van der Waals surface area contributed by atoms with Crippen LogP contribution in [0, 0.1) is 0 Å². The second kappa shape index (κ2) is 9.35. The number of rotatable bonds is 8. The van der Waals surface area contributed by atoms with Crippen LogP contribution in [0.4, 0.5) is 8.78 Å². The van der Waals surface area contributed by atoms with E-state index in [1.165, 1.54) is 22.2 Å². The minimum absolute atomic E-state index is 0.0549. The molecule has 29 heavy (non-hydrogen) atoms. The van der Waals surface area contributed by atoms with Crippen molar-refractivity contribution in [1.29, 1.82) is 0 Å². The first-order valence-corrected chi connectivity index (χ1v) is 10.6. The van der Waals surface area contributed by atoms with Gasteiger partial charge in [-0.1, -0.05) is 18.2 Å². The quantitative estimate of drug-likeness (QED) is 0.524. The fourth-order valence-electron chi connectivity index (χ4n) is 2.71. The van der Waals surface area contributed by atoms with E-state index in [0.29, 0.717) is 0 Å². The Morgan fingerprint density at radius 2 is 2.07 bits per heavy atom. The Bertz CT molecular complexity index is 1120. The number of nitrogens with zero attached hydrogens (tertiary/aromatic N) is 3. The van der Waals surface area contributed by atoms with E-state index in [2.05, 4.69) is 5.10 Å². The van der Waals surface area contributed by atoms with E-state index in [1.54, 1.807) is 6.07 Å². The van der Waals surface area contributed by atoms with E-state index >= 15 is 0 Å². The van der Waals surface area contributed by atoms with E-state index in [0.717, 1.165) is 25.6 Å². The first-order chi connectivity index (χ1) is 13.9. The van der Waals surface area contributed by atoms with Crippen LogP contribution in [0.3, 0.4) is 0 Å². The summed E-state index contributed by atoms with van der Waals surface area (Å²) < 4.78 is 47.8. The van der Waals surface area contributed by atoms with Gasteiger partial charge in [0, 0.05) is 21.9 Å². The molecule has 0 amide bonds. The topological polar surface area (TPSA) is 103 Å².